The van der Waals surface area contributed by atoms with Gasteiger partial charge in [0, 0.05) is 5.69 Å². The Hall–Kier alpha value is -3.21. The Bertz CT molecular complexity index is 1270. The molecule has 0 radical (unpaired) electrons. The molecule has 5 heteroatoms. The number of benzene rings is 3. The molecule has 1 aliphatic heterocycles. The molecule has 0 saturated heterocycles. The van der Waals surface area contributed by atoms with E-state index in [1.54, 1.807) is 6.07 Å². The van der Waals surface area contributed by atoms with Crippen LogP contribution in [-0.4, -0.2) is 28.6 Å². The molecule has 0 fully saturated rings. The zero-order chi connectivity index (χ0) is 21.9. The van der Waals surface area contributed by atoms with Crippen LogP contribution in [-0.2, 0) is 0 Å². The van der Waals surface area contributed by atoms with Crippen LogP contribution in [0.4, 0.5) is 5.69 Å². The van der Waals surface area contributed by atoms with Crippen molar-refractivity contribution in [2.75, 3.05) is 11.9 Å². The summed E-state index contributed by atoms with van der Waals surface area (Å²) in [7, 11) is 2.13. The standard InChI is InChI=1S/C26H28BN3O/c1-16(2)18-10-8-11-19(17(3)4)25(18)27-29(5)22-14-9-15-23(31)24(22)26-28-20-12-6-7-13-21(20)30(26)27/h6-17,31H,1-5H3. The van der Waals surface area contributed by atoms with Gasteiger partial charge in [-0.25, -0.2) is 4.98 Å². The molecule has 3 aromatic carbocycles. The van der Waals surface area contributed by atoms with Gasteiger partial charge in [-0.15, -0.1) is 0 Å². The summed E-state index contributed by atoms with van der Waals surface area (Å²) in [5.41, 5.74) is 7.88. The molecule has 156 valence electrons. The first-order chi connectivity index (χ1) is 14.9. The molecule has 0 bridgehead atoms. The summed E-state index contributed by atoms with van der Waals surface area (Å²) in [5, 5.41) is 10.8. The first-order valence-corrected chi connectivity index (χ1v) is 11.0. The Balaban J connectivity index is 1.92. The molecule has 1 aliphatic rings. The minimum Gasteiger partial charge on any atom is -0.507 e. The summed E-state index contributed by atoms with van der Waals surface area (Å²) < 4.78 is 2.31. The molecular weight excluding hydrogens is 381 g/mol. The highest BCUT2D eigenvalue weighted by Crippen LogP contribution is 2.43. The number of hydrogen-bond donors (Lipinski definition) is 1. The van der Waals surface area contributed by atoms with Gasteiger partial charge in [-0.2, -0.15) is 0 Å². The smallest absolute Gasteiger partial charge is 0.417 e. The van der Waals surface area contributed by atoms with E-state index in [0.717, 1.165) is 28.1 Å². The van der Waals surface area contributed by atoms with Gasteiger partial charge in [0.1, 0.15) is 11.6 Å². The predicted molar refractivity (Wildman–Crippen MR) is 131 cm³/mol. The van der Waals surface area contributed by atoms with E-state index in [2.05, 4.69) is 86.5 Å². The van der Waals surface area contributed by atoms with Crippen molar-refractivity contribution < 1.29 is 5.11 Å². The van der Waals surface area contributed by atoms with Gasteiger partial charge in [-0.1, -0.05) is 64.1 Å². The fourth-order valence-corrected chi connectivity index (χ4v) is 5.05. The number of para-hydroxylation sites is 2. The van der Waals surface area contributed by atoms with Gasteiger partial charge in [0.05, 0.1) is 16.6 Å². The Morgan fingerprint density at radius 3 is 2.16 bits per heavy atom. The maximum absolute atomic E-state index is 10.8. The molecule has 0 spiro atoms. The number of aromatic hydroxyl groups is 1. The largest absolute Gasteiger partial charge is 0.507 e. The minimum atomic E-state index is -0.0484. The quantitative estimate of drug-likeness (QED) is 0.464. The second kappa shape index (κ2) is 7.19. The first-order valence-electron chi connectivity index (χ1n) is 11.0. The summed E-state index contributed by atoms with van der Waals surface area (Å²) in [4.78, 5) is 7.29. The summed E-state index contributed by atoms with van der Waals surface area (Å²) >= 11 is 0. The molecule has 2 heterocycles. The third kappa shape index (κ3) is 2.87. The van der Waals surface area contributed by atoms with E-state index in [-0.39, 0.29) is 12.7 Å². The van der Waals surface area contributed by atoms with Crippen molar-refractivity contribution in [2.45, 2.75) is 39.5 Å². The zero-order valence-corrected chi connectivity index (χ0v) is 18.8. The summed E-state index contributed by atoms with van der Waals surface area (Å²) in [6, 6.07) is 20.7. The van der Waals surface area contributed by atoms with Gasteiger partial charge in [0.15, 0.2) is 0 Å². The van der Waals surface area contributed by atoms with Crippen LogP contribution in [0.1, 0.15) is 50.7 Å². The number of nitrogens with zero attached hydrogens (tertiary/aromatic N) is 3. The number of fused-ring (bicyclic) bond motifs is 5. The molecule has 31 heavy (non-hydrogen) atoms. The van der Waals surface area contributed by atoms with Crippen LogP contribution < -0.4 is 10.3 Å². The molecular formula is C26H28BN3O. The van der Waals surface area contributed by atoms with Crippen molar-refractivity contribution in [2.24, 2.45) is 0 Å². The highest BCUT2D eigenvalue weighted by molar-refractivity contribution is 6.78. The summed E-state index contributed by atoms with van der Waals surface area (Å²) in [6.07, 6.45) is 0. The number of phenols is 1. The fraction of sp³-hybridized carbons (Fsp3) is 0.269. The monoisotopic (exact) mass is 409 g/mol. The van der Waals surface area contributed by atoms with Crippen molar-refractivity contribution in [3.05, 3.63) is 71.8 Å². The summed E-state index contributed by atoms with van der Waals surface area (Å²) in [6.45, 7) is 9.00. The van der Waals surface area contributed by atoms with Crippen LogP contribution in [0.2, 0.25) is 0 Å². The lowest BCUT2D eigenvalue weighted by atomic mass is 9.58. The van der Waals surface area contributed by atoms with Crippen molar-refractivity contribution in [1.29, 1.82) is 0 Å². The molecule has 0 atom stereocenters. The van der Waals surface area contributed by atoms with E-state index >= 15 is 0 Å². The second-order valence-electron chi connectivity index (χ2n) is 9.11. The SMILES string of the molecule is CC(C)c1cccc(C(C)C)c1B1N(C)c2cccc(O)c2-c2nc3ccccc3n21. The molecule has 0 amide bonds. The molecule has 4 nitrogen and oxygen atoms in total. The Kier molecular flexibility index (Phi) is 4.58. The predicted octanol–water partition coefficient (Wildman–Crippen LogP) is 5.35. The summed E-state index contributed by atoms with van der Waals surface area (Å²) in [5.74, 6) is 1.88. The topological polar surface area (TPSA) is 41.3 Å². The van der Waals surface area contributed by atoms with E-state index in [1.807, 2.05) is 12.1 Å². The molecule has 0 saturated carbocycles. The van der Waals surface area contributed by atoms with E-state index in [0.29, 0.717) is 11.8 Å². The number of anilines is 1. The number of aromatic nitrogens is 2. The van der Waals surface area contributed by atoms with Crippen LogP contribution in [0.5, 0.6) is 5.75 Å². The Morgan fingerprint density at radius 1 is 0.839 bits per heavy atom. The van der Waals surface area contributed by atoms with E-state index in [1.165, 1.54) is 16.6 Å². The second-order valence-corrected chi connectivity index (χ2v) is 9.11. The maximum atomic E-state index is 10.8. The molecule has 1 aromatic heterocycles. The van der Waals surface area contributed by atoms with Crippen molar-refractivity contribution in [1.82, 2.24) is 9.46 Å². The van der Waals surface area contributed by atoms with E-state index in [4.69, 9.17) is 4.98 Å². The number of rotatable bonds is 3. The Labute approximate surface area is 184 Å². The van der Waals surface area contributed by atoms with Gasteiger partial charge in [-0.3, -0.25) is 0 Å². The molecule has 5 rings (SSSR count). The van der Waals surface area contributed by atoms with Crippen LogP contribution >= 0.6 is 0 Å². The van der Waals surface area contributed by atoms with Gasteiger partial charge in [0.2, 0.25) is 0 Å². The lowest BCUT2D eigenvalue weighted by Crippen LogP contribution is -2.57. The lowest BCUT2D eigenvalue weighted by molar-refractivity contribution is 0.477. The molecule has 0 unspecified atom stereocenters. The van der Waals surface area contributed by atoms with E-state index in [9.17, 15) is 5.11 Å². The van der Waals surface area contributed by atoms with Crippen LogP contribution in [0.15, 0.2) is 60.7 Å². The highest BCUT2D eigenvalue weighted by Gasteiger charge is 2.40. The van der Waals surface area contributed by atoms with Crippen LogP contribution in [0, 0.1) is 0 Å². The number of hydrogen-bond acceptors (Lipinski definition) is 3. The average Bonchev–Trinajstić information content (AvgIpc) is 3.13. The lowest BCUT2D eigenvalue weighted by Gasteiger charge is -2.38. The number of imidazole rings is 1. The van der Waals surface area contributed by atoms with Crippen molar-refractivity contribution >= 4 is 29.2 Å². The molecule has 0 aliphatic carbocycles. The maximum Gasteiger partial charge on any atom is 0.417 e. The minimum absolute atomic E-state index is 0.0484. The molecule has 1 N–H and O–H groups in total. The Morgan fingerprint density at radius 2 is 1.48 bits per heavy atom. The number of phenolic OH excluding ortho intramolecular Hbond substituents is 1. The highest BCUT2D eigenvalue weighted by atomic mass is 16.3. The van der Waals surface area contributed by atoms with Crippen molar-refractivity contribution in [3.63, 3.8) is 0 Å². The van der Waals surface area contributed by atoms with Crippen molar-refractivity contribution in [3.8, 4) is 17.1 Å². The van der Waals surface area contributed by atoms with Crippen LogP contribution in [0.25, 0.3) is 22.4 Å². The third-order valence-electron chi connectivity index (χ3n) is 6.51. The average molecular weight is 409 g/mol. The first kappa shape index (κ1) is 19.7. The van der Waals surface area contributed by atoms with Gasteiger partial charge >= 0.3 is 6.98 Å². The fourth-order valence-electron chi connectivity index (χ4n) is 5.05. The van der Waals surface area contributed by atoms with E-state index < -0.39 is 0 Å². The third-order valence-corrected chi connectivity index (χ3v) is 6.51. The van der Waals surface area contributed by atoms with Crippen LogP contribution in [0.3, 0.4) is 0 Å². The van der Waals surface area contributed by atoms with Gasteiger partial charge in [-0.05, 0) is 59.7 Å². The zero-order valence-electron chi connectivity index (χ0n) is 18.8. The molecule has 4 aromatic rings. The van der Waals surface area contributed by atoms with Gasteiger partial charge < -0.3 is 14.4 Å². The van der Waals surface area contributed by atoms with Gasteiger partial charge in [0.25, 0.3) is 0 Å². The normalized spacial score (nSPS) is 13.3.